The Morgan fingerprint density at radius 2 is 2.07 bits per heavy atom. The average Bonchev–Trinajstić information content (AvgIpc) is 3.15. The average molecular weight is 408 g/mol. The molecule has 2 heterocycles. The van der Waals surface area contributed by atoms with Crippen LogP contribution < -0.4 is 21.9 Å². The number of H-pyrrole nitrogens is 1. The summed E-state index contributed by atoms with van der Waals surface area (Å²) in [6.45, 7) is 3.54. The van der Waals surface area contributed by atoms with Gasteiger partial charge in [0.05, 0.1) is 6.42 Å². The summed E-state index contributed by atoms with van der Waals surface area (Å²) in [5, 5.41) is 3.66. The van der Waals surface area contributed by atoms with Gasteiger partial charge in [0.1, 0.15) is 5.82 Å². The van der Waals surface area contributed by atoms with Crippen LogP contribution in [0.1, 0.15) is 32.3 Å². The van der Waals surface area contributed by atoms with Gasteiger partial charge in [0.25, 0.3) is 11.5 Å². The predicted molar refractivity (Wildman–Crippen MR) is 108 cm³/mol. The molecule has 152 valence electrons. The molecular formula is C18H24N4O5S. The van der Waals surface area contributed by atoms with Gasteiger partial charge < -0.3 is 15.4 Å². The van der Waals surface area contributed by atoms with Gasteiger partial charge in [-0.1, -0.05) is 13.3 Å². The zero-order valence-corrected chi connectivity index (χ0v) is 16.7. The molecule has 0 aliphatic carbocycles. The number of hydrogen-bond acceptors (Lipinski definition) is 7. The third-order valence-corrected chi connectivity index (χ3v) is 4.85. The number of nitrogen functional groups attached to an aromatic ring is 1. The first kappa shape index (κ1) is 21.4. The predicted octanol–water partition coefficient (Wildman–Crippen LogP) is 1.12. The molecule has 2 aromatic rings. The van der Waals surface area contributed by atoms with Crippen LogP contribution in [0.3, 0.4) is 0 Å². The van der Waals surface area contributed by atoms with Gasteiger partial charge in [-0.2, -0.15) is 11.3 Å². The van der Waals surface area contributed by atoms with Crippen molar-refractivity contribution in [2.45, 2.75) is 39.7 Å². The number of ether oxygens (including phenoxy) is 1. The minimum absolute atomic E-state index is 0.0630. The molecule has 0 atom stereocenters. The van der Waals surface area contributed by atoms with E-state index in [1.54, 1.807) is 13.0 Å². The first-order chi connectivity index (χ1) is 13.4. The highest BCUT2D eigenvalue weighted by atomic mass is 32.1. The molecule has 0 saturated heterocycles. The first-order valence-electron chi connectivity index (χ1n) is 8.98. The molecule has 2 rings (SSSR count). The summed E-state index contributed by atoms with van der Waals surface area (Å²) in [4.78, 5) is 52.1. The summed E-state index contributed by atoms with van der Waals surface area (Å²) >= 11 is 1.46. The van der Waals surface area contributed by atoms with Gasteiger partial charge in [-0.05, 0) is 35.7 Å². The number of hydrogen-bond donors (Lipinski definition) is 2. The van der Waals surface area contributed by atoms with E-state index in [1.165, 1.54) is 15.9 Å². The maximum Gasteiger partial charge on any atom is 0.330 e. The van der Waals surface area contributed by atoms with Crippen LogP contribution >= 0.6 is 11.3 Å². The van der Waals surface area contributed by atoms with Crippen molar-refractivity contribution in [1.29, 1.82) is 0 Å². The Labute approximate surface area is 165 Å². The minimum atomic E-state index is -0.755. The fourth-order valence-electron chi connectivity index (χ4n) is 2.67. The SMILES string of the molecule is CCCCn1c(N)c(N(CC)C(=O)COC(=O)Cc2ccsc2)c(=O)[nH]c1=O. The van der Waals surface area contributed by atoms with Crippen LogP contribution in [0, 0.1) is 0 Å². The maximum atomic E-state index is 12.6. The Kier molecular flexibility index (Phi) is 7.56. The second kappa shape index (κ2) is 9.88. The van der Waals surface area contributed by atoms with Crippen LogP contribution in [-0.2, 0) is 27.3 Å². The van der Waals surface area contributed by atoms with E-state index in [1.807, 2.05) is 17.7 Å². The van der Waals surface area contributed by atoms with Crippen molar-refractivity contribution in [2.24, 2.45) is 0 Å². The summed E-state index contributed by atoms with van der Waals surface area (Å²) in [5.41, 5.74) is 5.34. The lowest BCUT2D eigenvalue weighted by atomic mass is 10.2. The van der Waals surface area contributed by atoms with Crippen molar-refractivity contribution < 1.29 is 14.3 Å². The quantitative estimate of drug-likeness (QED) is 0.599. The minimum Gasteiger partial charge on any atom is -0.455 e. The number of esters is 1. The molecule has 3 N–H and O–H groups in total. The number of nitrogens with one attached hydrogen (secondary N) is 1. The summed E-state index contributed by atoms with van der Waals surface area (Å²) < 4.78 is 6.27. The topological polar surface area (TPSA) is 127 Å². The van der Waals surface area contributed by atoms with Crippen LogP contribution in [0.5, 0.6) is 0 Å². The molecule has 0 aliphatic heterocycles. The number of aromatic nitrogens is 2. The van der Waals surface area contributed by atoms with Gasteiger partial charge >= 0.3 is 11.7 Å². The second-order valence-electron chi connectivity index (χ2n) is 6.11. The third kappa shape index (κ3) is 5.10. The standard InChI is InChI=1S/C18H24N4O5S/c1-3-5-7-22-16(19)15(17(25)20-18(22)26)21(4-2)13(23)10-27-14(24)9-12-6-8-28-11-12/h6,8,11H,3-5,7,9-10,19H2,1-2H3,(H,20,25,26). The Morgan fingerprint density at radius 3 is 2.68 bits per heavy atom. The Hall–Kier alpha value is -2.88. The van der Waals surface area contributed by atoms with Crippen molar-refractivity contribution in [3.05, 3.63) is 43.2 Å². The lowest BCUT2D eigenvalue weighted by molar-refractivity contribution is -0.147. The van der Waals surface area contributed by atoms with Gasteiger partial charge in [0.2, 0.25) is 0 Å². The lowest BCUT2D eigenvalue weighted by Crippen LogP contribution is -2.42. The van der Waals surface area contributed by atoms with E-state index in [9.17, 15) is 19.2 Å². The molecule has 0 radical (unpaired) electrons. The summed E-state index contributed by atoms with van der Waals surface area (Å²) in [6.07, 6.45) is 1.58. The van der Waals surface area contributed by atoms with E-state index in [0.717, 1.165) is 16.9 Å². The van der Waals surface area contributed by atoms with Crippen molar-refractivity contribution >= 4 is 34.7 Å². The van der Waals surface area contributed by atoms with Gasteiger partial charge in [-0.3, -0.25) is 23.9 Å². The van der Waals surface area contributed by atoms with Crippen LogP contribution in [0.25, 0.3) is 0 Å². The van der Waals surface area contributed by atoms with Gasteiger partial charge in [0, 0.05) is 13.1 Å². The van der Waals surface area contributed by atoms with Gasteiger partial charge in [-0.15, -0.1) is 0 Å². The molecule has 0 fully saturated rings. The van der Waals surface area contributed by atoms with E-state index in [2.05, 4.69) is 4.98 Å². The van der Waals surface area contributed by atoms with E-state index in [4.69, 9.17) is 10.5 Å². The highest BCUT2D eigenvalue weighted by Gasteiger charge is 2.23. The highest BCUT2D eigenvalue weighted by molar-refractivity contribution is 7.08. The summed E-state index contributed by atoms with van der Waals surface area (Å²) in [6, 6.07) is 1.80. The van der Waals surface area contributed by atoms with Crippen LogP contribution in [0.4, 0.5) is 11.5 Å². The number of amides is 1. The smallest absolute Gasteiger partial charge is 0.330 e. The summed E-state index contributed by atoms with van der Waals surface area (Å²) in [7, 11) is 0. The molecule has 0 spiro atoms. The highest BCUT2D eigenvalue weighted by Crippen LogP contribution is 2.17. The van der Waals surface area contributed by atoms with Gasteiger partial charge in [0.15, 0.2) is 12.3 Å². The largest absolute Gasteiger partial charge is 0.455 e. The molecule has 0 aromatic carbocycles. The Bertz CT molecular complexity index is 932. The van der Waals surface area contributed by atoms with Crippen molar-refractivity contribution in [2.75, 3.05) is 23.8 Å². The van der Waals surface area contributed by atoms with E-state index < -0.39 is 29.7 Å². The fraction of sp³-hybridized carbons (Fsp3) is 0.444. The van der Waals surface area contributed by atoms with Crippen molar-refractivity contribution in [1.82, 2.24) is 9.55 Å². The van der Waals surface area contributed by atoms with E-state index >= 15 is 0 Å². The molecule has 9 nitrogen and oxygen atoms in total. The van der Waals surface area contributed by atoms with Crippen molar-refractivity contribution in [3.63, 3.8) is 0 Å². The zero-order valence-electron chi connectivity index (χ0n) is 15.9. The number of nitrogens with two attached hydrogens (primary N) is 1. The monoisotopic (exact) mass is 408 g/mol. The molecule has 0 aliphatic rings. The number of anilines is 2. The number of carbonyl (C=O) groups excluding carboxylic acids is 2. The molecule has 10 heteroatoms. The molecule has 0 unspecified atom stereocenters. The number of thiophene rings is 1. The number of rotatable bonds is 9. The fourth-order valence-corrected chi connectivity index (χ4v) is 3.34. The molecule has 2 aromatic heterocycles. The second-order valence-corrected chi connectivity index (χ2v) is 6.89. The summed E-state index contributed by atoms with van der Waals surface area (Å²) in [5.74, 6) is -1.22. The van der Waals surface area contributed by atoms with Crippen molar-refractivity contribution in [3.8, 4) is 0 Å². The zero-order chi connectivity index (χ0) is 20.7. The van der Waals surface area contributed by atoms with Crippen LogP contribution in [0.2, 0.25) is 0 Å². The Morgan fingerprint density at radius 1 is 1.32 bits per heavy atom. The number of likely N-dealkylation sites (N-methyl/N-ethyl adjacent to an activating group) is 1. The molecule has 0 bridgehead atoms. The number of nitrogens with zero attached hydrogens (tertiary/aromatic N) is 2. The third-order valence-electron chi connectivity index (χ3n) is 4.12. The molecule has 1 amide bonds. The van der Waals surface area contributed by atoms with Gasteiger partial charge in [-0.25, -0.2) is 4.79 Å². The molecule has 0 saturated carbocycles. The number of carbonyl (C=O) groups is 2. The molecule has 28 heavy (non-hydrogen) atoms. The lowest BCUT2D eigenvalue weighted by Gasteiger charge is -2.23. The molecular weight excluding hydrogens is 384 g/mol. The van der Waals surface area contributed by atoms with E-state index in [0.29, 0.717) is 13.0 Å². The van der Waals surface area contributed by atoms with Crippen LogP contribution in [-0.4, -0.2) is 34.6 Å². The number of unbranched alkanes of at least 4 members (excludes halogenated alkanes) is 1. The maximum absolute atomic E-state index is 12.6. The Balaban J connectivity index is 2.17. The normalized spacial score (nSPS) is 10.6. The first-order valence-corrected chi connectivity index (χ1v) is 9.92. The van der Waals surface area contributed by atoms with Crippen LogP contribution in [0.15, 0.2) is 26.4 Å². The number of aromatic amines is 1. The van der Waals surface area contributed by atoms with E-state index in [-0.39, 0.29) is 24.5 Å².